The Morgan fingerprint density at radius 3 is 2.78 bits per heavy atom. The Morgan fingerprint density at radius 2 is 2.09 bits per heavy atom. The first-order valence-corrected chi connectivity index (χ1v) is 8.54. The minimum Gasteiger partial charge on any atom is -0.465 e. The second kappa shape index (κ2) is 7.79. The van der Waals surface area contributed by atoms with Gasteiger partial charge in [-0.15, -0.1) is 0 Å². The Labute approximate surface area is 138 Å². The number of aldehydes is 1. The third kappa shape index (κ3) is 4.24. The van der Waals surface area contributed by atoms with Gasteiger partial charge in [-0.05, 0) is 31.5 Å². The first-order chi connectivity index (χ1) is 11.3. The Bertz CT molecular complexity index is 521. The molecule has 5 nitrogen and oxygen atoms in total. The van der Waals surface area contributed by atoms with E-state index in [1.165, 1.54) is 0 Å². The smallest absolute Gasteiger partial charge is 0.199 e. The molecule has 1 aromatic carbocycles. The normalized spacial score (nSPS) is 22.8. The fourth-order valence-electron chi connectivity index (χ4n) is 3.18. The van der Waals surface area contributed by atoms with Crippen molar-refractivity contribution in [3.63, 3.8) is 0 Å². The number of piperazine rings is 1. The zero-order chi connectivity index (χ0) is 16.1. The standard InChI is InChI=1S/C18H26N2O3/c1-19-8-10-20(11-9-19)17-14-16(6-5-15(17)7-12-21)23-18-4-2-3-13-22-18/h5-6,12,14,18H,2-4,7-11,13H2,1H3. The van der Waals surface area contributed by atoms with E-state index >= 15 is 0 Å². The topological polar surface area (TPSA) is 42.0 Å². The molecule has 2 aliphatic heterocycles. The van der Waals surface area contributed by atoms with Crippen LogP contribution in [0.4, 0.5) is 5.69 Å². The number of hydrogen-bond donors (Lipinski definition) is 0. The largest absolute Gasteiger partial charge is 0.465 e. The quantitative estimate of drug-likeness (QED) is 0.778. The van der Waals surface area contributed by atoms with Gasteiger partial charge in [-0.1, -0.05) is 6.07 Å². The number of hydrogen-bond acceptors (Lipinski definition) is 5. The number of carbonyl (C=O) groups excluding carboxylic acids is 1. The van der Waals surface area contributed by atoms with Gasteiger partial charge in [0.15, 0.2) is 6.29 Å². The molecular formula is C18H26N2O3. The number of anilines is 1. The summed E-state index contributed by atoms with van der Waals surface area (Å²) in [5, 5.41) is 0. The maximum absolute atomic E-state index is 11.0. The highest BCUT2D eigenvalue weighted by Crippen LogP contribution is 2.29. The Morgan fingerprint density at radius 1 is 1.26 bits per heavy atom. The van der Waals surface area contributed by atoms with Crippen molar-refractivity contribution in [1.29, 1.82) is 0 Å². The summed E-state index contributed by atoms with van der Waals surface area (Å²) in [6, 6.07) is 6.04. The van der Waals surface area contributed by atoms with Crippen molar-refractivity contribution in [1.82, 2.24) is 4.90 Å². The van der Waals surface area contributed by atoms with E-state index in [1.54, 1.807) is 0 Å². The predicted octanol–water partition coefficient (Wildman–Crippen LogP) is 2.09. The van der Waals surface area contributed by atoms with E-state index in [-0.39, 0.29) is 6.29 Å². The molecule has 3 rings (SSSR count). The van der Waals surface area contributed by atoms with Crippen molar-refractivity contribution >= 4 is 12.0 Å². The van der Waals surface area contributed by atoms with Crippen molar-refractivity contribution in [3.8, 4) is 5.75 Å². The third-order valence-electron chi connectivity index (χ3n) is 4.61. The van der Waals surface area contributed by atoms with Crippen LogP contribution in [0.15, 0.2) is 18.2 Å². The van der Waals surface area contributed by atoms with Crippen LogP contribution < -0.4 is 9.64 Å². The average Bonchev–Trinajstić information content (AvgIpc) is 2.58. The molecule has 0 N–H and O–H groups in total. The highest BCUT2D eigenvalue weighted by Gasteiger charge is 2.19. The minimum atomic E-state index is -0.138. The van der Waals surface area contributed by atoms with Crippen molar-refractivity contribution in [2.45, 2.75) is 32.0 Å². The van der Waals surface area contributed by atoms with Crippen LogP contribution in [0.2, 0.25) is 0 Å². The van der Waals surface area contributed by atoms with E-state index in [2.05, 4.69) is 22.9 Å². The third-order valence-corrected chi connectivity index (χ3v) is 4.61. The summed E-state index contributed by atoms with van der Waals surface area (Å²) < 4.78 is 11.7. The molecule has 2 aliphatic rings. The Balaban J connectivity index is 1.76. The first-order valence-electron chi connectivity index (χ1n) is 8.54. The minimum absolute atomic E-state index is 0.138. The second-order valence-electron chi connectivity index (χ2n) is 6.37. The molecule has 2 fully saturated rings. The zero-order valence-electron chi connectivity index (χ0n) is 13.9. The summed E-state index contributed by atoms with van der Waals surface area (Å²) >= 11 is 0. The molecule has 126 valence electrons. The van der Waals surface area contributed by atoms with Crippen LogP contribution in [-0.4, -0.2) is 57.3 Å². The molecule has 0 bridgehead atoms. The van der Waals surface area contributed by atoms with E-state index in [1.807, 2.05) is 12.1 Å². The van der Waals surface area contributed by atoms with Crippen LogP contribution in [0.1, 0.15) is 24.8 Å². The molecule has 0 aromatic heterocycles. The first kappa shape index (κ1) is 16.3. The van der Waals surface area contributed by atoms with Crippen LogP contribution >= 0.6 is 0 Å². The number of carbonyl (C=O) groups is 1. The molecule has 1 atom stereocenters. The van der Waals surface area contributed by atoms with E-state index in [0.717, 1.165) is 75.3 Å². The second-order valence-corrected chi connectivity index (χ2v) is 6.37. The van der Waals surface area contributed by atoms with Crippen molar-refractivity contribution < 1.29 is 14.3 Å². The van der Waals surface area contributed by atoms with Gasteiger partial charge in [-0.2, -0.15) is 0 Å². The van der Waals surface area contributed by atoms with Crippen LogP contribution in [0.25, 0.3) is 0 Å². The molecule has 1 unspecified atom stereocenters. The lowest BCUT2D eigenvalue weighted by atomic mass is 10.1. The maximum atomic E-state index is 11.0. The Hall–Kier alpha value is -1.59. The molecule has 0 spiro atoms. The monoisotopic (exact) mass is 318 g/mol. The van der Waals surface area contributed by atoms with Crippen molar-refractivity contribution in [3.05, 3.63) is 23.8 Å². The highest BCUT2D eigenvalue weighted by atomic mass is 16.7. The van der Waals surface area contributed by atoms with Gasteiger partial charge < -0.3 is 24.1 Å². The molecule has 0 saturated carbocycles. The summed E-state index contributed by atoms with van der Waals surface area (Å²) in [5.74, 6) is 0.834. The van der Waals surface area contributed by atoms with E-state index < -0.39 is 0 Å². The van der Waals surface area contributed by atoms with Gasteiger partial charge in [0.2, 0.25) is 0 Å². The fraction of sp³-hybridized carbons (Fsp3) is 0.611. The number of likely N-dealkylation sites (N-methyl/N-ethyl adjacent to an activating group) is 1. The zero-order valence-corrected chi connectivity index (χ0v) is 13.9. The molecule has 0 amide bonds. The summed E-state index contributed by atoms with van der Waals surface area (Å²) in [6.45, 7) is 4.81. The summed E-state index contributed by atoms with van der Waals surface area (Å²) in [4.78, 5) is 15.7. The van der Waals surface area contributed by atoms with Crippen molar-refractivity contribution in [2.75, 3.05) is 44.7 Å². The lowest BCUT2D eigenvalue weighted by Crippen LogP contribution is -2.44. The number of nitrogens with zero attached hydrogens (tertiary/aromatic N) is 2. The summed E-state index contributed by atoms with van der Waals surface area (Å²) in [6.07, 6.45) is 4.49. The van der Waals surface area contributed by atoms with E-state index in [4.69, 9.17) is 9.47 Å². The number of ether oxygens (including phenoxy) is 2. The molecule has 0 aliphatic carbocycles. The van der Waals surface area contributed by atoms with Crippen LogP contribution in [0, 0.1) is 0 Å². The fourth-order valence-corrected chi connectivity index (χ4v) is 3.18. The molecule has 2 heterocycles. The molecular weight excluding hydrogens is 292 g/mol. The van der Waals surface area contributed by atoms with Gasteiger partial charge in [0.25, 0.3) is 0 Å². The Kier molecular flexibility index (Phi) is 5.51. The van der Waals surface area contributed by atoms with E-state index in [0.29, 0.717) is 6.42 Å². The van der Waals surface area contributed by atoms with Gasteiger partial charge in [0.05, 0.1) is 6.61 Å². The number of benzene rings is 1. The summed E-state index contributed by atoms with van der Waals surface area (Å²) in [5.41, 5.74) is 2.19. The van der Waals surface area contributed by atoms with Gasteiger partial charge in [-0.25, -0.2) is 0 Å². The van der Waals surface area contributed by atoms with E-state index in [9.17, 15) is 4.79 Å². The van der Waals surface area contributed by atoms with Gasteiger partial charge in [0, 0.05) is 50.8 Å². The van der Waals surface area contributed by atoms with Crippen molar-refractivity contribution in [2.24, 2.45) is 0 Å². The van der Waals surface area contributed by atoms with Gasteiger partial charge in [-0.3, -0.25) is 0 Å². The molecule has 23 heavy (non-hydrogen) atoms. The van der Waals surface area contributed by atoms with Crippen LogP contribution in [-0.2, 0) is 16.0 Å². The van der Waals surface area contributed by atoms with Crippen LogP contribution in [0.3, 0.4) is 0 Å². The highest BCUT2D eigenvalue weighted by molar-refractivity contribution is 5.65. The SMILES string of the molecule is CN1CCN(c2cc(OC3CCCCO3)ccc2CC=O)CC1. The average molecular weight is 318 g/mol. The maximum Gasteiger partial charge on any atom is 0.199 e. The summed E-state index contributed by atoms with van der Waals surface area (Å²) in [7, 11) is 2.14. The lowest BCUT2D eigenvalue weighted by molar-refractivity contribution is -0.107. The molecule has 2 saturated heterocycles. The predicted molar refractivity (Wildman–Crippen MR) is 90.1 cm³/mol. The number of rotatable bonds is 5. The molecule has 0 radical (unpaired) electrons. The molecule has 5 heteroatoms. The lowest BCUT2D eigenvalue weighted by Gasteiger charge is -2.35. The van der Waals surface area contributed by atoms with Gasteiger partial charge >= 0.3 is 0 Å². The van der Waals surface area contributed by atoms with Gasteiger partial charge in [0.1, 0.15) is 12.0 Å². The van der Waals surface area contributed by atoms with Crippen LogP contribution in [0.5, 0.6) is 5.75 Å². The molecule has 1 aromatic rings.